The van der Waals surface area contributed by atoms with Crippen LogP contribution >= 0.6 is 0 Å². The predicted molar refractivity (Wildman–Crippen MR) is 40.4 cm³/mol. The van der Waals surface area contributed by atoms with Gasteiger partial charge in [-0.1, -0.05) is 0 Å². The predicted octanol–water partition coefficient (Wildman–Crippen LogP) is -1.26. The molecule has 2 heterocycles. The third kappa shape index (κ3) is 7.84. The number of halogens is 1. The molecule has 2 rings (SSSR count). The molecule has 62 valence electrons. The summed E-state index contributed by atoms with van der Waals surface area (Å²) in [5, 5.41) is 0. The van der Waals surface area contributed by atoms with Crippen molar-refractivity contribution in [2.24, 2.45) is 0 Å². The molecule has 2 aromatic rings. The van der Waals surface area contributed by atoms with Crippen molar-refractivity contribution in [1.82, 2.24) is 9.97 Å². The van der Waals surface area contributed by atoms with Gasteiger partial charge in [0.05, 0.1) is 0 Å². The monoisotopic (exact) mass is 258 g/mol. The molecule has 0 aliphatic carbocycles. The summed E-state index contributed by atoms with van der Waals surface area (Å²) in [5.41, 5.74) is 0. The quantitative estimate of drug-likeness (QED) is 0.554. The summed E-state index contributed by atoms with van der Waals surface area (Å²) < 4.78 is 0. The summed E-state index contributed by atoms with van der Waals surface area (Å²) in [7, 11) is 0. The van der Waals surface area contributed by atoms with Gasteiger partial charge in [-0.05, 0) is 0 Å². The van der Waals surface area contributed by atoms with E-state index in [1.165, 1.54) is 0 Å². The van der Waals surface area contributed by atoms with E-state index in [4.69, 9.17) is 0 Å². The van der Waals surface area contributed by atoms with Crippen molar-refractivity contribution in [3.05, 3.63) is 49.1 Å². The van der Waals surface area contributed by atoms with Crippen molar-refractivity contribution in [3.8, 4) is 0 Å². The maximum atomic E-state index is 2.74. The van der Waals surface area contributed by atoms with Gasteiger partial charge in [-0.3, -0.25) is 0 Å². The van der Waals surface area contributed by atoms with Gasteiger partial charge in [0.1, 0.15) is 0 Å². The zero-order valence-electron chi connectivity index (χ0n) is 7.34. The number of aromatic nitrogens is 2. The second kappa shape index (κ2) is 10.7. The Kier molecular flexibility index (Phi) is 12.8. The molecule has 0 saturated carbocycles. The van der Waals surface area contributed by atoms with Crippen LogP contribution in [0.5, 0.6) is 0 Å². The van der Waals surface area contributed by atoms with Gasteiger partial charge < -0.3 is 23.8 Å². The molecule has 0 spiro atoms. The first-order chi connectivity index (χ1) is 5.00. The van der Waals surface area contributed by atoms with E-state index in [0.29, 0.717) is 0 Å². The third-order valence-electron chi connectivity index (χ3n) is 0.885. The molecule has 2 aromatic heterocycles. The number of hydrogen-bond acceptors (Lipinski definition) is 0. The summed E-state index contributed by atoms with van der Waals surface area (Å²) in [4.78, 5) is 5.47. The largest absolute Gasteiger partial charge is 4.00 e. The molecule has 12 heavy (non-hydrogen) atoms. The van der Waals surface area contributed by atoms with Crippen molar-refractivity contribution in [1.29, 1.82) is 0 Å². The van der Waals surface area contributed by atoms with Crippen molar-refractivity contribution in [2.45, 2.75) is 0 Å². The number of H-pyrrole nitrogens is 2. The average Bonchev–Trinajstić information content (AvgIpc) is 2.67. The van der Waals surface area contributed by atoms with Gasteiger partial charge in [-0.15, -0.1) is 12.4 Å². The first kappa shape index (κ1) is 14.3. The van der Waals surface area contributed by atoms with Crippen LogP contribution in [0.3, 0.4) is 0 Å². The van der Waals surface area contributed by atoms with E-state index >= 15 is 0 Å². The second-order valence-electron chi connectivity index (χ2n) is 1.63. The zero-order chi connectivity index (χ0) is 7.07. The average molecular weight is 260 g/mol. The molecule has 0 saturated heterocycles. The van der Waals surface area contributed by atoms with Crippen LogP contribution in [-0.4, -0.2) is 9.97 Å². The Morgan fingerprint density at radius 3 is 1.42 bits per heavy atom. The van der Waals surface area contributed by atoms with Crippen LogP contribution in [0.15, 0.2) is 36.7 Å². The molecule has 0 atom stereocenters. The van der Waals surface area contributed by atoms with E-state index in [0.717, 1.165) is 0 Å². The Morgan fingerprint density at radius 2 is 1.33 bits per heavy atom. The van der Waals surface area contributed by atoms with Gasteiger partial charge in [0, 0.05) is 0 Å². The van der Waals surface area contributed by atoms with E-state index in [1.54, 1.807) is 0 Å². The van der Waals surface area contributed by atoms with E-state index in [9.17, 15) is 0 Å². The minimum absolute atomic E-state index is 0. The molecule has 0 unspecified atom stereocenters. The number of rotatable bonds is 0. The van der Waals surface area contributed by atoms with Crippen molar-refractivity contribution in [3.63, 3.8) is 0 Å². The fraction of sp³-hybridized carbons (Fsp3) is 0. The maximum absolute atomic E-state index is 2.74. The smallest absolute Gasteiger partial charge is 1.00 e. The van der Waals surface area contributed by atoms with Crippen molar-refractivity contribution < 1.29 is 40.0 Å². The van der Waals surface area contributed by atoms with Crippen LogP contribution in [0.2, 0.25) is 0 Å². The zero-order valence-corrected chi connectivity index (χ0v) is 9.56. The molecule has 0 aliphatic heterocycles. The molecule has 0 radical (unpaired) electrons. The van der Waals surface area contributed by atoms with Gasteiger partial charge in [0.25, 0.3) is 0 Å². The van der Waals surface area contributed by atoms with Crippen LogP contribution in [-0.2, 0) is 26.2 Å². The molecule has 0 amide bonds. The molecule has 4 heteroatoms. The summed E-state index contributed by atoms with van der Waals surface area (Å²) in [6.45, 7) is 0. The standard InChI is InChI=1S/2C4H4N.ClH.Zr.H/c2*1-2-4-5-3-1;;;/h2*1-3,5H;1H;;/q2*-1;;+4;-1/p-1. The number of hydrogen-bond donors (Lipinski definition) is 2. The number of nitrogens with one attached hydrogen (secondary N) is 2. The fourth-order valence-electron chi connectivity index (χ4n) is 0.481. The molecular weight excluding hydrogens is 251 g/mol. The Morgan fingerprint density at radius 1 is 0.917 bits per heavy atom. The van der Waals surface area contributed by atoms with Gasteiger partial charge >= 0.3 is 26.2 Å². The van der Waals surface area contributed by atoms with Gasteiger partial charge in [-0.2, -0.15) is 36.7 Å². The van der Waals surface area contributed by atoms with Gasteiger partial charge in [-0.25, -0.2) is 0 Å². The SMILES string of the molecule is [Cl-].[H-].[Zr+4].[c-]1ccc[nH]1.[c-]1ccc[nH]1. The van der Waals surface area contributed by atoms with Gasteiger partial charge in [0.15, 0.2) is 0 Å². The minimum atomic E-state index is 0. The molecule has 0 aromatic carbocycles. The summed E-state index contributed by atoms with van der Waals surface area (Å²) in [6.07, 6.45) is 9.11. The summed E-state index contributed by atoms with van der Waals surface area (Å²) >= 11 is 0. The Labute approximate surface area is 98.8 Å². The van der Waals surface area contributed by atoms with Gasteiger partial charge in [0.2, 0.25) is 0 Å². The van der Waals surface area contributed by atoms with Crippen molar-refractivity contribution in [2.75, 3.05) is 0 Å². The Bertz CT molecular complexity index is 161. The summed E-state index contributed by atoms with van der Waals surface area (Å²) in [5.74, 6) is 0. The van der Waals surface area contributed by atoms with E-state index in [-0.39, 0.29) is 40.0 Å². The van der Waals surface area contributed by atoms with E-state index in [2.05, 4.69) is 22.4 Å². The minimum Gasteiger partial charge on any atom is -1.00 e. The van der Waals surface area contributed by atoms with Crippen LogP contribution in [0.25, 0.3) is 0 Å². The molecular formula is C8H9ClN2Zr. The molecule has 2 nitrogen and oxygen atoms in total. The topological polar surface area (TPSA) is 31.6 Å². The molecule has 0 fully saturated rings. The van der Waals surface area contributed by atoms with Crippen molar-refractivity contribution >= 4 is 0 Å². The maximum Gasteiger partial charge on any atom is 4.00 e. The van der Waals surface area contributed by atoms with E-state index < -0.39 is 0 Å². The second-order valence-corrected chi connectivity index (χ2v) is 1.63. The van der Waals surface area contributed by atoms with E-state index in [1.807, 2.05) is 36.7 Å². The molecule has 0 bridgehead atoms. The third-order valence-corrected chi connectivity index (χ3v) is 0.885. The molecule has 2 N–H and O–H groups in total. The first-order valence-electron chi connectivity index (χ1n) is 2.99. The van der Waals surface area contributed by atoms with Crippen LogP contribution in [0.1, 0.15) is 1.43 Å². The first-order valence-corrected chi connectivity index (χ1v) is 2.99. The molecule has 0 aliphatic rings. The fourth-order valence-corrected chi connectivity index (χ4v) is 0.481. The number of aromatic amines is 2. The Balaban J connectivity index is -0.000000125. The Hall–Kier alpha value is -0.267. The van der Waals surface area contributed by atoms with Crippen LogP contribution < -0.4 is 12.4 Å². The normalized spacial score (nSPS) is 6.67. The van der Waals surface area contributed by atoms with Crippen LogP contribution in [0, 0.1) is 12.4 Å². The summed E-state index contributed by atoms with van der Waals surface area (Å²) in [6, 6.07) is 7.42. The van der Waals surface area contributed by atoms with Crippen LogP contribution in [0.4, 0.5) is 0 Å².